The Bertz CT molecular complexity index is 177. The molecule has 0 heterocycles. The first-order valence-corrected chi connectivity index (χ1v) is 3.82. The molecule has 1 aliphatic carbocycles. The highest BCUT2D eigenvalue weighted by Gasteiger charge is 2.23. The van der Waals surface area contributed by atoms with Gasteiger partial charge < -0.3 is 0 Å². The number of ketones is 1. The minimum absolute atomic E-state index is 0.302. The van der Waals surface area contributed by atoms with Crippen LogP contribution in [-0.4, -0.2) is 5.78 Å². The second-order valence-corrected chi connectivity index (χ2v) is 3.41. The van der Waals surface area contributed by atoms with Crippen LogP contribution in [0.25, 0.3) is 0 Å². The van der Waals surface area contributed by atoms with E-state index in [-0.39, 0.29) is 0 Å². The lowest BCUT2D eigenvalue weighted by Crippen LogP contribution is -2.07. The predicted molar refractivity (Wildman–Crippen MR) is 41.7 cm³/mol. The molecular weight excluding hydrogens is 124 g/mol. The standard InChI is InChI=1S/C9H14O/c1-6(2)9-5-8(10)4-7(9)3/h4,6,9H,5H2,1-3H3. The van der Waals surface area contributed by atoms with E-state index in [1.807, 2.05) is 0 Å². The third-order valence-corrected chi connectivity index (χ3v) is 2.20. The van der Waals surface area contributed by atoms with Crippen LogP contribution in [0.15, 0.2) is 11.6 Å². The number of rotatable bonds is 1. The summed E-state index contributed by atoms with van der Waals surface area (Å²) in [6.45, 7) is 6.39. The number of carbonyl (C=O) groups is 1. The Kier molecular flexibility index (Phi) is 1.93. The van der Waals surface area contributed by atoms with Crippen molar-refractivity contribution in [2.45, 2.75) is 27.2 Å². The van der Waals surface area contributed by atoms with Gasteiger partial charge in [-0.25, -0.2) is 0 Å². The smallest absolute Gasteiger partial charge is 0.156 e. The summed E-state index contributed by atoms with van der Waals surface area (Å²) < 4.78 is 0. The summed E-state index contributed by atoms with van der Waals surface area (Å²) in [6.07, 6.45) is 2.52. The molecule has 0 saturated heterocycles. The first-order chi connectivity index (χ1) is 4.61. The van der Waals surface area contributed by atoms with Crippen LogP contribution in [0.2, 0.25) is 0 Å². The molecule has 10 heavy (non-hydrogen) atoms. The maximum atomic E-state index is 10.9. The van der Waals surface area contributed by atoms with E-state index in [4.69, 9.17) is 0 Å². The monoisotopic (exact) mass is 138 g/mol. The molecule has 1 unspecified atom stereocenters. The molecule has 0 amide bonds. The van der Waals surface area contributed by atoms with Crippen molar-refractivity contribution < 1.29 is 4.79 Å². The zero-order valence-corrected chi connectivity index (χ0v) is 6.85. The zero-order chi connectivity index (χ0) is 7.72. The third kappa shape index (κ3) is 1.28. The van der Waals surface area contributed by atoms with Crippen molar-refractivity contribution in [3.63, 3.8) is 0 Å². The van der Waals surface area contributed by atoms with Crippen LogP contribution in [-0.2, 0) is 4.79 Å². The van der Waals surface area contributed by atoms with Crippen LogP contribution in [0.1, 0.15) is 27.2 Å². The molecule has 56 valence electrons. The maximum absolute atomic E-state index is 10.9. The van der Waals surface area contributed by atoms with Crippen molar-refractivity contribution >= 4 is 5.78 Å². The summed E-state index contributed by atoms with van der Waals surface area (Å²) in [5, 5.41) is 0. The number of hydrogen-bond donors (Lipinski definition) is 0. The summed E-state index contributed by atoms with van der Waals surface area (Å²) in [5.41, 5.74) is 1.26. The summed E-state index contributed by atoms with van der Waals surface area (Å²) in [6, 6.07) is 0. The van der Waals surface area contributed by atoms with Gasteiger partial charge >= 0.3 is 0 Å². The highest BCUT2D eigenvalue weighted by Crippen LogP contribution is 2.29. The van der Waals surface area contributed by atoms with Gasteiger partial charge in [-0.15, -0.1) is 0 Å². The van der Waals surface area contributed by atoms with Gasteiger partial charge in [0.1, 0.15) is 0 Å². The summed E-state index contributed by atoms with van der Waals surface area (Å²) in [7, 11) is 0. The van der Waals surface area contributed by atoms with Gasteiger partial charge in [-0.3, -0.25) is 4.79 Å². The molecule has 0 saturated carbocycles. The van der Waals surface area contributed by atoms with Gasteiger partial charge in [-0.05, 0) is 24.8 Å². The van der Waals surface area contributed by atoms with Crippen molar-refractivity contribution in [1.29, 1.82) is 0 Å². The topological polar surface area (TPSA) is 17.1 Å². The van der Waals surface area contributed by atoms with E-state index in [9.17, 15) is 4.79 Å². The molecule has 0 N–H and O–H groups in total. The van der Waals surface area contributed by atoms with Gasteiger partial charge in [-0.2, -0.15) is 0 Å². The fourth-order valence-corrected chi connectivity index (χ4v) is 1.56. The van der Waals surface area contributed by atoms with Crippen LogP contribution in [0.3, 0.4) is 0 Å². The van der Waals surface area contributed by atoms with Crippen molar-refractivity contribution in [3.8, 4) is 0 Å². The Balaban J connectivity index is 2.68. The Morgan fingerprint density at radius 3 is 2.40 bits per heavy atom. The SMILES string of the molecule is CC1=CC(=O)CC1C(C)C. The Morgan fingerprint density at radius 1 is 1.60 bits per heavy atom. The fraction of sp³-hybridized carbons (Fsp3) is 0.667. The molecule has 1 nitrogen and oxygen atoms in total. The molecular formula is C9H14O. The quantitative estimate of drug-likeness (QED) is 0.542. The molecule has 0 aliphatic heterocycles. The minimum Gasteiger partial charge on any atom is -0.295 e. The van der Waals surface area contributed by atoms with E-state index < -0.39 is 0 Å². The molecule has 0 spiro atoms. The molecule has 0 fully saturated rings. The van der Waals surface area contributed by atoms with Gasteiger partial charge in [0.2, 0.25) is 0 Å². The van der Waals surface area contributed by atoms with Crippen molar-refractivity contribution in [3.05, 3.63) is 11.6 Å². The molecule has 0 bridgehead atoms. The van der Waals surface area contributed by atoms with E-state index in [1.54, 1.807) is 6.08 Å². The molecule has 0 aromatic heterocycles. The minimum atomic E-state index is 0.302. The number of carbonyl (C=O) groups excluding carboxylic acids is 1. The predicted octanol–water partition coefficient (Wildman–Crippen LogP) is 2.18. The van der Waals surface area contributed by atoms with E-state index in [2.05, 4.69) is 20.8 Å². The van der Waals surface area contributed by atoms with Gasteiger partial charge in [-0.1, -0.05) is 19.4 Å². The van der Waals surface area contributed by atoms with Gasteiger partial charge in [0.15, 0.2) is 5.78 Å². The van der Waals surface area contributed by atoms with Crippen molar-refractivity contribution in [2.24, 2.45) is 11.8 Å². The van der Waals surface area contributed by atoms with Crippen LogP contribution >= 0.6 is 0 Å². The van der Waals surface area contributed by atoms with E-state index in [1.165, 1.54) is 5.57 Å². The highest BCUT2D eigenvalue weighted by atomic mass is 16.1. The highest BCUT2D eigenvalue weighted by molar-refractivity contribution is 5.93. The van der Waals surface area contributed by atoms with Crippen molar-refractivity contribution in [1.82, 2.24) is 0 Å². The molecule has 1 rings (SSSR count). The van der Waals surface area contributed by atoms with Crippen LogP contribution in [0, 0.1) is 11.8 Å². The second-order valence-electron chi connectivity index (χ2n) is 3.41. The fourth-order valence-electron chi connectivity index (χ4n) is 1.56. The number of allylic oxidation sites excluding steroid dienone is 2. The molecule has 1 atom stereocenters. The Morgan fingerprint density at radius 2 is 2.20 bits per heavy atom. The molecule has 1 heteroatoms. The van der Waals surface area contributed by atoms with E-state index in [0.717, 1.165) is 6.42 Å². The number of hydrogen-bond acceptors (Lipinski definition) is 1. The van der Waals surface area contributed by atoms with Crippen LogP contribution in [0.4, 0.5) is 0 Å². The van der Waals surface area contributed by atoms with Crippen LogP contribution < -0.4 is 0 Å². The van der Waals surface area contributed by atoms with Gasteiger partial charge in [0.05, 0.1) is 0 Å². The van der Waals surface area contributed by atoms with Crippen LogP contribution in [0.5, 0.6) is 0 Å². The van der Waals surface area contributed by atoms with Gasteiger partial charge in [0, 0.05) is 6.42 Å². The Labute approximate surface area is 62.1 Å². The average molecular weight is 138 g/mol. The maximum Gasteiger partial charge on any atom is 0.156 e. The molecule has 0 aromatic rings. The van der Waals surface area contributed by atoms with E-state index in [0.29, 0.717) is 17.6 Å². The lowest BCUT2D eigenvalue weighted by Gasteiger charge is -2.14. The summed E-state index contributed by atoms with van der Waals surface area (Å²) in [4.78, 5) is 10.9. The summed E-state index contributed by atoms with van der Waals surface area (Å²) >= 11 is 0. The second kappa shape index (κ2) is 2.57. The van der Waals surface area contributed by atoms with E-state index >= 15 is 0 Å². The lowest BCUT2D eigenvalue weighted by atomic mass is 9.90. The largest absolute Gasteiger partial charge is 0.295 e. The zero-order valence-electron chi connectivity index (χ0n) is 6.85. The normalized spacial score (nSPS) is 25.8. The molecule has 1 aliphatic rings. The third-order valence-electron chi connectivity index (χ3n) is 2.20. The first kappa shape index (κ1) is 7.52. The lowest BCUT2D eigenvalue weighted by molar-refractivity contribution is -0.114. The summed E-state index contributed by atoms with van der Waals surface area (Å²) in [5.74, 6) is 1.44. The van der Waals surface area contributed by atoms with Gasteiger partial charge in [0.25, 0.3) is 0 Å². The average Bonchev–Trinajstić information content (AvgIpc) is 2.10. The Hall–Kier alpha value is -0.590. The first-order valence-electron chi connectivity index (χ1n) is 3.82. The van der Waals surface area contributed by atoms with Crippen molar-refractivity contribution in [2.75, 3.05) is 0 Å². The molecule has 0 aromatic carbocycles. The molecule has 0 radical (unpaired) electrons.